The number of aliphatic hydroxyl groups excluding tert-OH is 1. The first-order chi connectivity index (χ1) is 14.2. The van der Waals surface area contributed by atoms with Crippen LogP contribution < -0.4 is 0 Å². The second-order valence-corrected chi connectivity index (χ2v) is 7.26. The lowest BCUT2D eigenvalue weighted by atomic mass is 9.92. The highest BCUT2D eigenvalue weighted by Gasteiger charge is 2.34. The summed E-state index contributed by atoms with van der Waals surface area (Å²) in [4.78, 5) is 14.3. The van der Waals surface area contributed by atoms with Crippen LogP contribution in [0.2, 0.25) is 0 Å². The van der Waals surface area contributed by atoms with Crippen molar-refractivity contribution in [2.75, 3.05) is 13.1 Å². The molecule has 29 heavy (non-hydrogen) atoms. The Labute approximate surface area is 170 Å². The number of carbonyl (C=O) groups excluding carboxylic acids is 1. The Morgan fingerprint density at radius 1 is 1.14 bits per heavy atom. The summed E-state index contributed by atoms with van der Waals surface area (Å²) in [5.74, 6) is 2.89. The summed E-state index contributed by atoms with van der Waals surface area (Å²) in [6.45, 7) is 1.91. The van der Waals surface area contributed by atoms with Crippen LogP contribution in [-0.4, -0.2) is 35.3 Å². The van der Waals surface area contributed by atoms with E-state index in [2.05, 4.69) is 5.92 Å². The molecule has 1 fully saturated rings. The molecule has 5 nitrogen and oxygen atoms in total. The summed E-state index contributed by atoms with van der Waals surface area (Å²) < 4.78 is 11.9. The van der Waals surface area contributed by atoms with Crippen molar-refractivity contribution in [2.45, 2.75) is 31.8 Å². The number of hydrogen-bond donors (Lipinski definition) is 1. The van der Waals surface area contributed by atoms with Crippen molar-refractivity contribution >= 4 is 5.91 Å². The quantitative estimate of drug-likeness (QED) is 0.610. The molecule has 0 unspecified atom stereocenters. The van der Waals surface area contributed by atoms with E-state index in [0.717, 1.165) is 35.3 Å². The number of nitrogens with zero attached hydrogens (tertiary/aromatic N) is 1. The van der Waals surface area contributed by atoms with E-state index in [9.17, 15) is 4.79 Å². The van der Waals surface area contributed by atoms with Gasteiger partial charge in [0.1, 0.15) is 0 Å². The fourth-order valence-corrected chi connectivity index (χ4v) is 3.31. The average molecular weight is 389 g/mol. The predicted octanol–water partition coefficient (Wildman–Crippen LogP) is 2.93. The molecule has 1 N–H and O–H groups in total. The Kier molecular flexibility index (Phi) is 5.66. The van der Waals surface area contributed by atoms with Gasteiger partial charge >= 0.3 is 0 Å². The summed E-state index contributed by atoms with van der Waals surface area (Å²) in [6.07, 6.45) is 7.43. The van der Waals surface area contributed by atoms with Crippen molar-refractivity contribution in [1.29, 1.82) is 0 Å². The molecule has 2 aliphatic rings. The van der Waals surface area contributed by atoms with Gasteiger partial charge in [-0.25, -0.2) is 0 Å². The van der Waals surface area contributed by atoms with Crippen LogP contribution in [0.3, 0.4) is 0 Å². The summed E-state index contributed by atoms with van der Waals surface area (Å²) in [7, 11) is 0. The Balaban J connectivity index is 1.49. The zero-order chi connectivity index (χ0) is 20.2. The van der Waals surface area contributed by atoms with Gasteiger partial charge in [0.2, 0.25) is 6.29 Å². The topological polar surface area (TPSA) is 58.8 Å². The standard InChI is InChI=1S/C24H23NO4/c1-2-17-7-9-20(10-8-17)21-13-22(24(27)25-11-12-25)29-23(14-21)28-16-19-5-3-18(15-26)4-6-19/h1,3-10,13,21,23,26H,11-12,14-16H2/t21-,23+/m1/s1. The number of terminal acetylenes is 1. The third-order valence-electron chi connectivity index (χ3n) is 5.15. The summed E-state index contributed by atoms with van der Waals surface area (Å²) in [5, 5.41) is 9.16. The number of allylic oxidation sites excluding steroid dienone is 1. The maximum absolute atomic E-state index is 12.6. The highest BCUT2D eigenvalue weighted by Crippen LogP contribution is 2.33. The lowest BCUT2D eigenvalue weighted by molar-refractivity contribution is -0.152. The Hall–Kier alpha value is -3.07. The van der Waals surface area contributed by atoms with Crippen molar-refractivity contribution in [1.82, 2.24) is 4.90 Å². The second kappa shape index (κ2) is 8.52. The van der Waals surface area contributed by atoms with E-state index < -0.39 is 6.29 Å². The molecule has 4 rings (SSSR count). The number of hydrogen-bond acceptors (Lipinski definition) is 4. The molecule has 2 aliphatic heterocycles. The van der Waals surface area contributed by atoms with Crippen LogP contribution in [0.4, 0.5) is 0 Å². The highest BCUT2D eigenvalue weighted by molar-refractivity contribution is 5.93. The highest BCUT2D eigenvalue weighted by atomic mass is 16.7. The van der Waals surface area contributed by atoms with Crippen LogP contribution in [0.15, 0.2) is 60.4 Å². The molecule has 5 heteroatoms. The molecule has 1 saturated heterocycles. The zero-order valence-corrected chi connectivity index (χ0v) is 16.1. The molecule has 2 aromatic rings. The third kappa shape index (κ3) is 4.68. The molecule has 2 heterocycles. The molecule has 0 spiro atoms. The number of aliphatic hydroxyl groups is 1. The maximum Gasteiger partial charge on any atom is 0.288 e. The summed E-state index contributed by atoms with van der Waals surface area (Å²) in [5.41, 5.74) is 3.73. The molecule has 148 valence electrons. The first kappa shape index (κ1) is 19.3. The molecule has 0 saturated carbocycles. The fourth-order valence-electron chi connectivity index (χ4n) is 3.31. The van der Waals surface area contributed by atoms with E-state index in [1.165, 1.54) is 0 Å². The van der Waals surface area contributed by atoms with Crippen LogP contribution in [0.1, 0.15) is 34.6 Å². The van der Waals surface area contributed by atoms with Gasteiger partial charge in [-0.2, -0.15) is 0 Å². The molecule has 0 aromatic heterocycles. The lowest BCUT2D eigenvalue weighted by Crippen LogP contribution is -2.29. The molecule has 2 aromatic carbocycles. The lowest BCUT2D eigenvalue weighted by Gasteiger charge is -2.29. The maximum atomic E-state index is 12.6. The Bertz CT molecular complexity index is 936. The zero-order valence-electron chi connectivity index (χ0n) is 16.1. The molecular weight excluding hydrogens is 366 g/mol. The molecule has 2 atom stereocenters. The van der Waals surface area contributed by atoms with Crippen LogP contribution in [-0.2, 0) is 27.5 Å². The van der Waals surface area contributed by atoms with Gasteiger partial charge in [-0.05, 0) is 34.9 Å². The minimum atomic E-state index is -0.520. The van der Waals surface area contributed by atoms with Gasteiger partial charge in [0.15, 0.2) is 5.76 Å². The van der Waals surface area contributed by atoms with E-state index in [-0.39, 0.29) is 18.4 Å². The third-order valence-corrected chi connectivity index (χ3v) is 5.15. The van der Waals surface area contributed by atoms with Gasteiger partial charge in [0, 0.05) is 31.0 Å². The molecule has 0 radical (unpaired) electrons. The van der Waals surface area contributed by atoms with Gasteiger partial charge in [-0.1, -0.05) is 42.3 Å². The van der Waals surface area contributed by atoms with Crippen LogP contribution in [0, 0.1) is 12.3 Å². The predicted molar refractivity (Wildman–Crippen MR) is 108 cm³/mol. The van der Waals surface area contributed by atoms with Gasteiger partial charge in [-0.3, -0.25) is 4.79 Å². The number of benzene rings is 2. The average Bonchev–Trinajstić information content (AvgIpc) is 3.63. The normalized spacial score (nSPS) is 20.4. The first-order valence-corrected chi connectivity index (χ1v) is 9.71. The van der Waals surface area contributed by atoms with Crippen molar-refractivity contribution in [3.8, 4) is 12.3 Å². The van der Waals surface area contributed by atoms with Crippen molar-refractivity contribution in [2.24, 2.45) is 0 Å². The largest absolute Gasteiger partial charge is 0.459 e. The minimum absolute atomic E-state index is 0.0104. The smallest absolute Gasteiger partial charge is 0.288 e. The summed E-state index contributed by atoms with van der Waals surface area (Å²) in [6, 6.07) is 15.4. The minimum Gasteiger partial charge on any atom is -0.459 e. The van der Waals surface area contributed by atoms with Crippen LogP contribution >= 0.6 is 0 Å². The van der Waals surface area contributed by atoms with Gasteiger partial charge < -0.3 is 19.5 Å². The van der Waals surface area contributed by atoms with E-state index >= 15 is 0 Å². The molecular formula is C24H23NO4. The first-order valence-electron chi connectivity index (χ1n) is 9.71. The van der Waals surface area contributed by atoms with Gasteiger partial charge in [-0.15, -0.1) is 6.42 Å². The number of amides is 1. The number of carbonyl (C=O) groups is 1. The monoisotopic (exact) mass is 389 g/mol. The van der Waals surface area contributed by atoms with Crippen molar-refractivity contribution < 1.29 is 19.4 Å². The second-order valence-electron chi connectivity index (χ2n) is 7.26. The molecule has 0 aliphatic carbocycles. The number of rotatable bonds is 6. The van der Waals surface area contributed by atoms with E-state index in [0.29, 0.717) is 18.8 Å². The van der Waals surface area contributed by atoms with Crippen molar-refractivity contribution in [3.05, 3.63) is 82.6 Å². The number of ether oxygens (including phenoxy) is 2. The van der Waals surface area contributed by atoms with Crippen molar-refractivity contribution in [3.63, 3.8) is 0 Å². The SMILES string of the molecule is C#Cc1ccc([C@@H]2C=C(C(=O)N3CC3)O[C@H](OCc3ccc(CO)cc3)C2)cc1. The fraction of sp³-hybridized carbons (Fsp3) is 0.292. The van der Waals surface area contributed by atoms with Crippen LogP contribution in [0.25, 0.3) is 0 Å². The Morgan fingerprint density at radius 3 is 2.45 bits per heavy atom. The molecule has 0 bridgehead atoms. The van der Waals surface area contributed by atoms with Gasteiger partial charge in [0.25, 0.3) is 5.91 Å². The summed E-state index contributed by atoms with van der Waals surface area (Å²) >= 11 is 0. The van der Waals surface area contributed by atoms with E-state index in [1.54, 1.807) is 4.90 Å². The van der Waals surface area contributed by atoms with Crippen LogP contribution in [0.5, 0.6) is 0 Å². The Morgan fingerprint density at radius 2 is 1.83 bits per heavy atom. The van der Waals surface area contributed by atoms with E-state index in [1.807, 2.05) is 54.6 Å². The van der Waals surface area contributed by atoms with E-state index in [4.69, 9.17) is 21.0 Å². The van der Waals surface area contributed by atoms with Gasteiger partial charge in [0.05, 0.1) is 13.2 Å². The molecule has 1 amide bonds.